The second kappa shape index (κ2) is 7.35. The van der Waals surface area contributed by atoms with Crippen molar-refractivity contribution >= 4 is 17.7 Å². The van der Waals surface area contributed by atoms with E-state index >= 15 is 0 Å². The highest BCUT2D eigenvalue weighted by atomic mass is 16.2. The van der Waals surface area contributed by atoms with Gasteiger partial charge in [0, 0.05) is 6.54 Å². The number of benzene rings is 2. The number of carbonyl (C=O) groups excluding carboxylic acids is 3. The van der Waals surface area contributed by atoms with Gasteiger partial charge in [0.25, 0.3) is 11.8 Å². The molecular formula is C22H22N2O3. The molecule has 0 bridgehead atoms. The standard InChI is InChI=1S/C22H22N2O3/c25-20(14-24-21(26)18-8-4-5-9-19(18)22(24)27)23-13-12-17(16-10-11-16)15-6-2-1-3-7-15/h1-9,16-17H,10-14H2,(H,23,25). The van der Waals surface area contributed by atoms with Crippen LogP contribution in [0.4, 0.5) is 0 Å². The van der Waals surface area contributed by atoms with Gasteiger partial charge in [-0.2, -0.15) is 0 Å². The van der Waals surface area contributed by atoms with E-state index in [0.29, 0.717) is 29.5 Å². The highest BCUT2D eigenvalue weighted by molar-refractivity contribution is 6.22. The summed E-state index contributed by atoms with van der Waals surface area (Å²) in [6.45, 7) is 0.309. The Labute approximate surface area is 158 Å². The van der Waals surface area contributed by atoms with Crippen LogP contribution in [-0.4, -0.2) is 35.7 Å². The van der Waals surface area contributed by atoms with Crippen molar-refractivity contribution in [2.75, 3.05) is 13.1 Å². The molecule has 0 radical (unpaired) electrons. The van der Waals surface area contributed by atoms with Crippen LogP contribution < -0.4 is 5.32 Å². The normalized spacial score (nSPS) is 17.0. The first-order valence-corrected chi connectivity index (χ1v) is 9.42. The molecule has 5 nitrogen and oxygen atoms in total. The minimum atomic E-state index is -0.397. The zero-order valence-corrected chi connectivity index (χ0v) is 15.1. The van der Waals surface area contributed by atoms with Gasteiger partial charge in [0.1, 0.15) is 6.54 Å². The Bertz CT molecular complexity index is 839. The van der Waals surface area contributed by atoms with Gasteiger partial charge in [-0.25, -0.2) is 0 Å². The third-order valence-corrected chi connectivity index (χ3v) is 5.38. The van der Waals surface area contributed by atoms with Crippen molar-refractivity contribution in [3.8, 4) is 0 Å². The number of imide groups is 1. The van der Waals surface area contributed by atoms with Crippen LogP contribution in [0.25, 0.3) is 0 Å². The van der Waals surface area contributed by atoms with Gasteiger partial charge in [-0.05, 0) is 48.8 Å². The lowest BCUT2D eigenvalue weighted by molar-refractivity contribution is -0.121. The molecule has 1 saturated carbocycles. The average Bonchev–Trinajstić information content (AvgIpc) is 3.51. The van der Waals surface area contributed by atoms with Crippen LogP contribution in [0.2, 0.25) is 0 Å². The van der Waals surface area contributed by atoms with E-state index in [1.807, 2.05) is 18.2 Å². The van der Waals surface area contributed by atoms with Gasteiger partial charge in [-0.1, -0.05) is 42.5 Å². The van der Waals surface area contributed by atoms with Crippen molar-refractivity contribution in [1.29, 1.82) is 0 Å². The molecule has 1 aliphatic carbocycles. The molecule has 1 fully saturated rings. The number of hydrogen-bond donors (Lipinski definition) is 1. The lowest BCUT2D eigenvalue weighted by atomic mass is 9.91. The number of fused-ring (bicyclic) bond motifs is 1. The molecule has 1 atom stereocenters. The minimum Gasteiger partial charge on any atom is -0.355 e. The molecule has 2 aliphatic rings. The number of hydrogen-bond acceptors (Lipinski definition) is 3. The molecule has 2 aromatic carbocycles. The smallest absolute Gasteiger partial charge is 0.262 e. The van der Waals surface area contributed by atoms with Crippen LogP contribution in [0.1, 0.15) is 51.5 Å². The Morgan fingerprint density at radius 2 is 1.56 bits per heavy atom. The predicted octanol–water partition coefficient (Wildman–Crippen LogP) is 2.98. The lowest BCUT2D eigenvalue weighted by Gasteiger charge is -2.18. The molecule has 3 amide bonds. The van der Waals surface area contributed by atoms with Gasteiger partial charge in [0.05, 0.1) is 11.1 Å². The van der Waals surface area contributed by atoms with Crippen molar-refractivity contribution < 1.29 is 14.4 Å². The van der Waals surface area contributed by atoms with E-state index in [-0.39, 0.29) is 12.5 Å². The molecular weight excluding hydrogens is 340 g/mol. The maximum Gasteiger partial charge on any atom is 0.262 e. The SMILES string of the molecule is O=C(CN1C(=O)c2ccccc2C1=O)NCCC(c1ccccc1)C1CC1. The number of rotatable bonds is 7. The predicted molar refractivity (Wildman–Crippen MR) is 101 cm³/mol. The summed E-state index contributed by atoms with van der Waals surface area (Å²) in [4.78, 5) is 38.0. The number of carbonyl (C=O) groups is 3. The van der Waals surface area contributed by atoms with Gasteiger partial charge in [0.2, 0.25) is 5.91 Å². The van der Waals surface area contributed by atoms with Crippen molar-refractivity contribution in [3.63, 3.8) is 0 Å². The Morgan fingerprint density at radius 3 is 2.15 bits per heavy atom. The second-order valence-electron chi connectivity index (χ2n) is 7.24. The lowest BCUT2D eigenvalue weighted by Crippen LogP contribution is -2.40. The van der Waals surface area contributed by atoms with Crippen LogP contribution in [0.3, 0.4) is 0 Å². The molecule has 0 saturated heterocycles. The molecule has 0 aromatic heterocycles. The Hall–Kier alpha value is -2.95. The van der Waals surface area contributed by atoms with Crippen molar-refractivity contribution in [2.45, 2.75) is 25.2 Å². The van der Waals surface area contributed by atoms with Gasteiger partial charge in [-0.3, -0.25) is 19.3 Å². The van der Waals surface area contributed by atoms with Gasteiger partial charge in [0.15, 0.2) is 0 Å². The summed E-state index contributed by atoms with van der Waals surface area (Å²) in [5.41, 5.74) is 2.05. The first-order valence-electron chi connectivity index (χ1n) is 9.42. The summed E-state index contributed by atoms with van der Waals surface area (Å²) < 4.78 is 0. The third kappa shape index (κ3) is 3.63. The average molecular weight is 362 g/mol. The molecule has 27 heavy (non-hydrogen) atoms. The molecule has 1 heterocycles. The molecule has 1 aliphatic heterocycles. The summed E-state index contributed by atoms with van der Waals surface area (Å²) in [5, 5.41) is 2.88. The largest absolute Gasteiger partial charge is 0.355 e. The van der Waals surface area contributed by atoms with Crippen molar-refractivity contribution in [1.82, 2.24) is 10.2 Å². The van der Waals surface area contributed by atoms with E-state index < -0.39 is 11.8 Å². The summed E-state index contributed by atoms with van der Waals surface area (Å²) in [6, 6.07) is 17.1. The first-order chi connectivity index (χ1) is 13.1. The second-order valence-corrected chi connectivity index (χ2v) is 7.24. The fraction of sp³-hybridized carbons (Fsp3) is 0.318. The maximum absolute atomic E-state index is 12.3. The van der Waals surface area contributed by atoms with Gasteiger partial charge in [-0.15, -0.1) is 0 Å². The maximum atomic E-state index is 12.3. The summed E-state index contributed by atoms with van der Waals surface area (Å²) in [5.74, 6) is 0.0512. The van der Waals surface area contributed by atoms with Crippen LogP contribution in [0, 0.1) is 5.92 Å². The van der Waals surface area contributed by atoms with E-state index in [0.717, 1.165) is 11.3 Å². The minimum absolute atomic E-state index is 0.230. The van der Waals surface area contributed by atoms with Crippen molar-refractivity contribution in [2.24, 2.45) is 5.92 Å². The molecule has 1 N–H and O–H groups in total. The monoisotopic (exact) mass is 362 g/mol. The van der Waals surface area contributed by atoms with Crippen LogP contribution in [0.5, 0.6) is 0 Å². The van der Waals surface area contributed by atoms with E-state index in [4.69, 9.17) is 0 Å². The van der Waals surface area contributed by atoms with E-state index in [1.54, 1.807) is 24.3 Å². The number of amides is 3. The van der Waals surface area contributed by atoms with Gasteiger partial charge < -0.3 is 5.32 Å². The summed E-state index contributed by atoms with van der Waals surface area (Å²) >= 11 is 0. The molecule has 138 valence electrons. The van der Waals surface area contributed by atoms with E-state index in [1.165, 1.54) is 18.4 Å². The van der Waals surface area contributed by atoms with Crippen LogP contribution >= 0.6 is 0 Å². The van der Waals surface area contributed by atoms with Gasteiger partial charge >= 0.3 is 0 Å². The molecule has 2 aromatic rings. The fourth-order valence-electron chi connectivity index (χ4n) is 3.82. The van der Waals surface area contributed by atoms with E-state index in [9.17, 15) is 14.4 Å². The number of nitrogens with zero attached hydrogens (tertiary/aromatic N) is 1. The van der Waals surface area contributed by atoms with Crippen LogP contribution in [0.15, 0.2) is 54.6 Å². The molecule has 5 heteroatoms. The van der Waals surface area contributed by atoms with Crippen molar-refractivity contribution in [3.05, 3.63) is 71.3 Å². The quantitative estimate of drug-likeness (QED) is 0.770. The Kier molecular flexibility index (Phi) is 4.75. The fourth-order valence-corrected chi connectivity index (χ4v) is 3.82. The third-order valence-electron chi connectivity index (χ3n) is 5.38. The van der Waals surface area contributed by atoms with E-state index in [2.05, 4.69) is 17.4 Å². The topological polar surface area (TPSA) is 66.5 Å². The zero-order valence-electron chi connectivity index (χ0n) is 15.1. The molecule has 1 unspecified atom stereocenters. The Morgan fingerprint density at radius 1 is 0.963 bits per heavy atom. The Balaban J connectivity index is 1.31. The molecule has 4 rings (SSSR count). The summed E-state index contributed by atoms with van der Waals surface area (Å²) in [7, 11) is 0. The first kappa shape index (κ1) is 17.5. The zero-order chi connectivity index (χ0) is 18.8. The summed E-state index contributed by atoms with van der Waals surface area (Å²) in [6.07, 6.45) is 3.34. The highest BCUT2D eigenvalue weighted by Crippen LogP contribution is 2.44. The highest BCUT2D eigenvalue weighted by Gasteiger charge is 2.36. The van der Waals surface area contributed by atoms with Crippen LogP contribution in [-0.2, 0) is 4.79 Å². The molecule has 0 spiro atoms. The number of nitrogens with one attached hydrogen (secondary N) is 1.